The zero-order valence-corrected chi connectivity index (χ0v) is 17.7. The highest BCUT2D eigenvalue weighted by atomic mass is 35.5. The fourth-order valence-corrected chi connectivity index (χ4v) is 3.52. The van der Waals surface area contributed by atoms with Gasteiger partial charge in [-0.2, -0.15) is 0 Å². The van der Waals surface area contributed by atoms with E-state index >= 15 is 0 Å². The van der Waals surface area contributed by atoms with Crippen molar-refractivity contribution < 1.29 is 4.79 Å². The molecule has 1 saturated heterocycles. The summed E-state index contributed by atoms with van der Waals surface area (Å²) in [5.41, 5.74) is 7.49. The summed E-state index contributed by atoms with van der Waals surface area (Å²) >= 11 is 0. The number of hydrogen-bond donors (Lipinski definition) is 2. The van der Waals surface area contributed by atoms with Crippen molar-refractivity contribution in [3.8, 4) is 11.4 Å². The van der Waals surface area contributed by atoms with Crippen LogP contribution in [-0.2, 0) is 11.2 Å². The van der Waals surface area contributed by atoms with Crippen LogP contribution in [-0.4, -0.2) is 44.4 Å². The molecule has 2 aromatic heterocycles. The lowest BCUT2D eigenvalue weighted by Gasteiger charge is -2.38. The smallest absolute Gasteiger partial charge is 0.255 e. The van der Waals surface area contributed by atoms with E-state index in [4.69, 9.17) is 5.73 Å². The van der Waals surface area contributed by atoms with Gasteiger partial charge in [0.2, 0.25) is 5.91 Å². The first-order valence-electron chi connectivity index (χ1n) is 9.02. The molecule has 3 N–H and O–H groups in total. The van der Waals surface area contributed by atoms with E-state index in [2.05, 4.69) is 15.0 Å². The van der Waals surface area contributed by atoms with Gasteiger partial charge in [0.1, 0.15) is 5.82 Å². The molecule has 2 aromatic rings. The van der Waals surface area contributed by atoms with Gasteiger partial charge in [-0.05, 0) is 45.2 Å². The number of nitrogens with zero attached hydrogens (tertiary/aromatic N) is 3. The van der Waals surface area contributed by atoms with Crippen LogP contribution >= 0.6 is 24.8 Å². The summed E-state index contributed by atoms with van der Waals surface area (Å²) in [5, 5.41) is 0. The summed E-state index contributed by atoms with van der Waals surface area (Å²) in [6, 6.07) is 3.58. The summed E-state index contributed by atoms with van der Waals surface area (Å²) in [6.07, 6.45) is 6.32. The van der Waals surface area contributed by atoms with Gasteiger partial charge in [-0.25, -0.2) is 4.98 Å². The van der Waals surface area contributed by atoms with E-state index in [0.29, 0.717) is 23.6 Å². The Morgan fingerprint density at radius 1 is 1.39 bits per heavy atom. The van der Waals surface area contributed by atoms with E-state index < -0.39 is 0 Å². The normalized spacial score (nSPS) is 17.2. The van der Waals surface area contributed by atoms with E-state index in [1.54, 1.807) is 25.4 Å². The SMILES string of the molecule is Cc1nc(-c2cccnc2)[nH]c(=O)c1CC(=O)N1CCCCC1C(C)N.Cl.Cl. The molecule has 2 atom stereocenters. The lowest BCUT2D eigenvalue weighted by molar-refractivity contribution is -0.134. The van der Waals surface area contributed by atoms with Gasteiger partial charge in [-0.3, -0.25) is 14.6 Å². The van der Waals surface area contributed by atoms with Gasteiger partial charge in [-0.15, -0.1) is 24.8 Å². The minimum absolute atomic E-state index is 0. The van der Waals surface area contributed by atoms with Crippen molar-refractivity contribution >= 4 is 30.7 Å². The van der Waals surface area contributed by atoms with Crippen LogP contribution < -0.4 is 11.3 Å². The van der Waals surface area contributed by atoms with Crippen molar-refractivity contribution in [2.75, 3.05) is 6.54 Å². The van der Waals surface area contributed by atoms with Crippen LogP contribution in [0.5, 0.6) is 0 Å². The van der Waals surface area contributed by atoms with Crippen LogP contribution in [0.25, 0.3) is 11.4 Å². The molecule has 7 nitrogen and oxygen atoms in total. The number of carbonyl (C=O) groups is 1. The molecule has 0 spiro atoms. The quantitative estimate of drug-likeness (QED) is 0.777. The zero-order chi connectivity index (χ0) is 18.7. The van der Waals surface area contributed by atoms with Crippen LogP contribution in [0.4, 0.5) is 0 Å². The Balaban J connectivity index is 0.00000196. The lowest BCUT2D eigenvalue weighted by atomic mass is 9.96. The summed E-state index contributed by atoms with van der Waals surface area (Å²) in [6.45, 7) is 4.39. The maximum absolute atomic E-state index is 12.8. The Kier molecular flexibility index (Phi) is 9.07. The summed E-state index contributed by atoms with van der Waals surface area (Å²) in [7, 11) is 0. The standard InChI is InChI=1S/C19H25N5O2.2ClH/c1-12(20)16-7-3-4-9-24(16)17(25)10-15-13(2)22-18(23-19(15)26)14-6-5-8-21-11-14;;/h5-6,8,11-12,16H,3-4,7,9-10,20H2,1-2H3,(H,22,23,26);2*1H. The number of aromatic nitrogens is 3. The first-order valence-corrected chi connectivity index (χ1v) is 9.02. The third-order valence-corrected chi connectivity index (χ3v) is 4.96. The molecule has 0 saturated carbocycles. The van der Waals surface area contributed by atoms with Gasteiger partial charge in [0.05, 0.1) is 6.42 Å². The van der Waals surface area contributed by atoms with Gasteiger partial charge in [0.25, 0.3) is 5.56 Å². The number of pyridine rings is 1. The Bertz CT molecular complexity index is 842. The second-order valence-electron chi connectivity index (χ2n) is 6.91. The molecule has 1 aliphatic rings. The van der Waals surface area contributed by atoms with Crippen molar-refractivity contribution in [1.29, 1.82) is 0 Å². The second kappa shape index (κ2) is 10.5. The molecule has 28 heavy (non-hydrogen) atoms. The lowest BCUT2D eigenvalue weighted by Crippen LogP contribution is -2.52. The molecule has 9 heteroatoms. The van der Waals surface area contributed by atoms with Gasteiger partial charge in [0, 0.05) is 47.8 Å². The number of aromatic amines is 1. The van der Waals surface area contributed by atoms with Gasteiger partial charge >= 0.3 is 0 Å². The Labute approximate surface area is 177 Å². The number of likely N-dealkylation sites (tertiary alicyclic amines) is 1. The number of H-pyrrole nitrogens is 1. The predicted octanol–water partition coefficient (Wildman–Crippen LogP) is 2.25. The van der Waals surface area contributed by atoms with E-state index in [1.165, 1.54) is 0 Å². The Hall–Kier alpha value is -1.96. The summed E-state index contributed by atoms with van der Waals surface area (Å²) < 4.78 is 0. The third kappa shape index (κ3) is 5.31. The minimum Gasteiger partial charge on any atom is -0.338 e. The van der Waals surface area contributed by atoms with Crippen LogP contribution in [0, 0.1) is 6.92 Å². The molecule has 1 amide bonds. The molecule has 0 aliphatic carbocycles. The van der Waals surface area contributed by atoms with E-state index in [1.807, 2.05) is 17.9 Å². The molecule has 0 radical (unpaired) electrons. The Morgan fingerprint density at radius 3 is 2.75 bits per heavy atom. The maximum Gasteiger partial charge on any atom is 0.255 e. The fourth-order valence-electron chi connectivity index (χ4n) is 3.52. The van der Waals surface area contributed by atoms with Gasteiger partial charge in [0.15, 0.2) is 0 Å². The Morgan fingerprint density at radius 2 is 2.14 bits per heavy atom. The number of amides is 1. The van der Waals surface area contributed by atoms with Gasteiger partial charge < -0.3 is 15.6 Å². The fraction of sp³-hybridized carbons (Fsp3) is 0.474. The third-order valence-electron chi connectivity index (χ3n) is 4.96. The number of carbonyl (C=O) groups excluding carboxylic acids is 1. The topological polar surface area (TPSA) is 105 Å². The number of halogens is 2. The molecule has 0 aromatic carbocycles. The predicted molar refractivity (Wildman–Crippen MR) is 114 cm³/mol. The molecular weight excluding hydrogens is 401 g/mol. The average Bonchev–Trinajstić information content (AvgIpc) is 2.65. The van der Waals surface area contributed by atoms with Crippen molar-refractivity contribution in [3.63, 3.8) is 0 Å². The number of nitrogens with one attached hydrogen (secondary N) is 1. The molecule has 1 fully saturated rings. The highest BCUT2D eigenvalue weighted by molar-refractivity contribution is 5.85. The molecule has 3 heterocycles. The molecule has 3 rings (SSSR count). The number of rotatable bonds is 4. The van der Waals surface area contributed by atoms with Crippen molar-refractivity contribution in [1.82, 2.24) is 19.9 Å². The average molecular weight is 428 g/mol. The maximum atomic E-state index is 12.8. The molecular formula is C19H27Cl2N5O2. The highest BCUT2D eigenvalue weighted by Gasteiger charge is 2.29. The molecule has 0 bridgehead atoms. The van der Waals surface area contributed by atoms with Crippen LogP contribution in [0.3, 0.4) is 0 Å². The second-order valence-corrected chi connectivity index (χ2v) is 6.91. The van der Waals surface area contributed by atoms with Crippen molar-refractivity contribution in [2.24, 2.45) is 5.73 Å². The van der Waals surface area contributed by atoms with Crippen LogP contribution in [0.15, 0.2) is 29.3 Å². The molecule has 154 valence electrons. The van der Waals surface area contributed by atoms with E-state index in [-0.39, 0.29) is 54.8 Å². The van der Waals surface area contributed by atoms with Crippen molar-refractivity contribution in [3.05, 3.63) is 46.1 Å². The minimum atomic E-state index is -0.279. The van der Waals surface area contributed by atoms with E-state index in [9.17, 15) is 9.59 Å². The largest absolute Gasteiger partial charge is 0.338 e. The molecule has 1 aliphatic heterocycles. The monoisotopic (exact) mass is 427 g/mol. The number of nitrogens with two attached hydrogens (primary N) is 1. The summed E-state index contributed by atoms with van der Waals surface area (Å²) in [5.74, 6) is 0.403. The van der Waals surface area contributed by atoms with Gasteiger partial charge in [-0.1, -0.05) is 0 Å². The first-order chi connectivity index (χ1) is 12.5. The number of aryl methyl sites for hydroxylation is 1. The highest BCUT2D eigenvalue weighted by Crippen LogP contribution is 2.20. The number of piperidine rings is 1. The van der Waals surface area contributed by atoms with E-state index in [0.717, 1.165) is 24.8 Å². The molecule has 2 unspecified atom stereocenters. The van der Waals surface area contributed by atoms with Crippen LogP contribution in [0.1, 0.15) is 37.4 Å². The van der Waals surface area contributed by atoms with Crippen molar-refractivity contribution in [2.45, 2.75) is 51.6 Å². The number of hydrogen-bond acceptors (Lipinski definition) is 5. The summed E-state index contributed by atoms with van der Waals surface area (Å²) in [4.78, 5) is 38.5. The first kappa shape index (κ1) is 24.1. The van der Waals surface area contributed by atoms with Crippen LogP contribution in [0.2, 0.25) is 0 Å². The zero-order valence-electron chi connectivity index (χ0n) is 16.1.